The van der Waals surface area contributed by atoms with E-state index in [4.69, 9.17) is 21.7 Å². The molecule has 4 rings (SSSR count). The number of nitrogens with zero attached hydrogens (tertiary/aromatic N) is 2. The summed E-state index contributed by atoms with van der Waals surface area (Å²) < 4.78 is 10.7. The summed E-state index contributed by atoms with van der Waals surface area (Å²) in [6.07, 6.45) is 0.998. The molecule has 1 aromatic heterocycles. The van der Waals surface area contributed by atoms with E-state index in [0.29, 0.717) is 29.5 Å². The first-order valence-corrected chi connectivity index (χ1v) is 12.1. The second-order valence-electron chi connectivity index (χ2n) is 8.46. The van der Waals surface area contributed by atoms with E-state index in [0.717, 1.165) is 62.3 Å². The van der Waals surface area contributed by atoms with Crippen LogP contribution in [-0.2, 0) is 17.8 Å². The van der Waals surface area contributed by atoms with E-state index in [1.54, 1.807) is 7.11 Å². The summed E-state index contributed by atoms with van der Waals surface area (Å²) >= 11 is 5.77. The van der Waals surface area contributed by atoms with Crippen molar-refractivity contribution in [3.8, 4) is 5.75 Å². The molecule has 1 saturated heterocycles. The number of H-pyrrole nitrogens is 1. The van der Waals surface area contributed by atoms with Crippen LogP contribution in [0.4, 0.5) is 0 Å². The third-order valence-corrected chi connectivity index (χ3v) is 6.43. The Bertz CT molecular complexity index is 1150. The molecule has 180 valence electrons. The van der Waals surface area contributed by atoms with Gasteiger partial charge in [0.1, 0.15) is 5.75 Å². The van der Waals surface area contributed by atoms with Crippen molar-refractivity contribution in [3.63, 3.8) is 0 Å². The maximum absolute atomic E-state index is 12.9. The lowest BCUT2D eigenvalue weighted by Crippen LogP contribution is -2.42. The molecule has 2 aromatic carbocycles. The summed E-state index contributed by atoms with van der Waals surface area (Å²) in [6.45, 7) is 6.44. The lowest BCUT2D eigenvalue weighted by atomic mass is 10.1. The number of nitrogens with one attached hydrogen (secondary N) is 2. The molecule has 0 spiro atoms. The van der Waals surface area contributed by atoms with Crippen molar-refractivity contribution in [1.29, 1.82) is 0 Å². The molecule has 2 heterocycles. The van der Waals surface area contributed by atoms with Crippen LogP contribution in [0.5, 0.6) is 5.75 Å². The number of ether oxygens (including phenoxy) is 2. The van der Waals surface area contributed by atoms with Gasteiger partial charge in [-0.25, -0.2) is 0 Å². The number of morpholine rings is 1. The molecule has 0 saturated carbocycles. The van der Waals surface area contributed by atoms with Crippen molar-refractivity contribution in [2.45, 2.75) is 19.5 Å². The number of aromatic nitrogens is 1. The van der Waals surface area contributed by atoms with Gasteiger partial charge in [-0.05, 0) is 54.3 Å². The molecule has 0 radical (unpaired) electrons. The molecule has 1 aliphatic heterocycles. The maximum Gasteiger partial charge on any atom is 0.253 e. The first-order valence-electron chi connectivity index (χ1n) is 11.7. The largest absolute Gasteiger partial charge is 0.497 e. The summed E-state index contributed by atoms with van der Waals surface area (Å²) in [5.41, 5.74) is 2.45. The Labute approximate surface area is 205 Å². The van der Waals surface area contributed by atoms with Gasteiger partial charge in [0.15, 0.2) is 5.11 Å². The second kappa shape index (κ2) is 12.0. The van der Waals surface area contributed by atoms with Crippen LogP contribution in [-0.4, -0.2) is 66.4 Å². The van der Waals surface area contributed by atoms with Crippen molar-refractivity contribution in [2.24, 2.45) is 0 Å². The number of pyridine rings is 1. The molecule has 1 aliphatic rings. The summed E-state index contributed by atoms with van der Waals surface area (Å²) in [5, 5.41) is 5.02. The van der Waals surface area contributed by atoms with Crippen LogP contribution in [0, 0.1) is 0 Å². The number of thiocarbonyl (C=S) groups is 1. The Morgan fingerprint density at radius 2 is 1.94 bits per heavy atom. The highest BCUT2D eigenvalue weighted by molar-refractivity contribution is 7.80. The molecule has 0 atom stereocenters. The Morgan fingerprint density at radius 1 is 1.15 bits per heavy atom. The highest BCUT2D eigenvalue weighted by atomic mass is 32.1. The van der Waals surface area contributed by atoms with Gasteiger partial charge in [-0.3, -0.25) is 9.69 Å². The molecule has 1 fully saturated rings. The van der Waals surface area contributed by atoms with Crippen LogP contribution in [0.3, 0.4) is 0 Å². The van der Waals surface area contributed by atoms with Gasteiger partial charge in [0, 0.05) is 37.8 Å². The van der Waals surface area contributed by atoms with E-state index < -0.39 is 0 Å². The van der Waals surface area contributed by atoms with Crippen molar-refractivity contribution >= 4 is 28.2 Å². The van der Waals surface area contributed by atoms with Crippen LogP contribution in [0.1, 0.15) is 17.5 Å². The van der Waals surface area contributed by atoms with E-state index >= 15 is 0 Å². The highest BCUT2D eigenvalue weighted by Crippen LogP contribution is 2.19. The fourth-order valence-electron chi connectivity index (χ4n) is 4.11. The quantitative estimate of drug-likeness (QED) is 0.360. The van der Waals surface area contributed by atoms with Gasteiger partial charge < -0.3 is 24.7 Å². The summed E-state index contributed by atoms with van der Waals surface area (Å²) in [4.78, 5) is 20.3. The zero-order valence-corrected chi connectivity index (χ0v) is 20.4. The van der Waals surface area contributed by atoms with Crippen LogP contribution in [0.2, 0.25) is 0 Å². The van der Waals surface area contributed by atoms with Crippen molar-refractivity contribution in [1.82, 2.24) is 20.1 Å². The number of hydrogen-bond donors (Lipinski definition) is 2. The number of methoxy groups -OCH3 is 1. The SMILES string of the molecule is COc1ccc2cc(CN(Cc3ccccc3)C(=S)NCCCN3CCOCC3)c(=O)[nH]c2c1. The standard InChI is InChI=1S/C26H32N4O3S/c1-32-23-9-8-21-16-22(25(31)28-24(21)17-23)19-30(18-20-6-3-2-4-7-20)26(34)27-10-5-11-29-12-14-33-15-13-29/h2-4,6-9,16-17H,5,10-15,18-19H2,1H3,(H,27,34)(H,28,31). The number of hydrogen-bond acceptors (Lipinski definition) is 5. The van der Waals surface area contributed by atoms with E-state index in [9.17, 15) is 4.79 Å². The van der Waals surface area contributed by atoms with Crippen LogP contribution in [0.15, 0.2) is 59.4 Å². The fourth-order valence-corrected chi connectivity index (χ4v) is 4.34. The van der Waals surface area contributed by atoms with Gasteiger partial charge >= 0.3 is 0 Å². The summed E-state index contributed by atoms with van der Waals surface area (Å²) in [7, 11) is 1.62. The second-order valence-corrected chi connectivity index (χ2v) is 8.84. The molecule has 0 aliphatic carbocycles. The monoisotopic (exact) mass is 480 g/mol. The lowest BCUT2D eigenvalue weighted by Gasteiger charge is -2.28. The Hall–Kier alpha value is -2.94. The fraction of sp³-hybridized carbons (Fsp3) is 0.385. The third kappa shape index (κ3) is 6.56. The Balaban J connectivity index is 1.45. The van der Waals surface area contributed by atoms with Gasteiger partial charge in [0.05, 0.1) is 32.4 Å². The van der Waals surface area contributed by atoms with Crippen LogP contribution >= 0.6 is 12.2 Å². The molecule has 3 aromatic rings. The predicted octanol–water partition coefficient (Wildman–Crippen LogP) is 3.14. The van der Waals surface area contributed by atoms with Gasteiger partial charge in [-0.2, -0.15) is 0 Å². The molecule has 34 heavy (non-hydrogen) atoms. The van der Waals surface area contributed by atoms with E-state index in [1.807, 2.05) is 42.5 Å². The molecule has 2 N–H and O–H groups in total. The van der Waals surface area contributed by atoms with Gasteiger partial charge in [0.2, 0.25) is 0 Å². The summed E-state index contributed by atoms with van der Waals surface area (Å²) in [5.74, 6) is 0.712. The van der Waals surface area contributed by atoms with Crippen molar-refractivity contribution < 1.29 is 9.47 Å². The first-order chi connectivity index (χ1) is 16.6. The average molecular weight is 481 g/mol. The molecule has 8 heteroatoms. The van der Waals surface area contributed by atoms with Crippen LogP contribution < -0.4 is 15.6 Å². The van der Waals surface area contributed by atoms with Gasteiger partial charge in [-0.15, -0.1) is 0 Å². The third-order valence-electron chi connectivity index (χ3n) is 6.03. The van der Waals surface area contributed by atoms with Crippen LogP contribution in [0.25, 0.3) is 10.9 Å². The molecule has 0 unspecified atom stereocenters. The lowest BCUT2D eigenvalue weighted by molar-refractivity contribution is 0.0376. The number of aromatic amines is 1. The number of benzene rings is 2. The minimum absolute atomic E-state index is 0.117. The Morgan fingerprint density at radius 3 is 2.71 bits per heavy atom. The van der Waals surface area contributed by atoms with Gasteiger partial charge in [-0.1, -0.05) is 30.3 Å². The van der Waals surface area contributed by atoms with E-state index in [1.165, 1.54) is 0 Å². The van der Waals surface area contributed by atoms with Crippen molar-refractivity contribution in [2.75, 3.05) is 46.5 Å². The molecule has 0 bridgehead atoms. The van der Waals surface area contributed by atoms with E-state index in [2.05, 4.69) is 32.2 Å². The first kappa shape index (κ1) is 24.2. The topological polar surface area (TPSA) is 69.8 Å². The zero-order chi connectivity index (χ0) is 23.8. The minimum Gasteiger partial charge on any atom is -0.497 e. The number of fused-ring (bicyclic) bond motifs is 1. The normalized spacial score (nSPS) is 14.1. The molecule has 0 amide bonds. The van der Waals surface area contributed by atoms with E-state index in [-0.39, 0.29) is 5.56 Å². The molecular formula is C26H32N4O3S. The predicted molar refractivity (Wildman–Crippen MR) is 139 cm³/mol. The maximum atomic E-state index is 12.9. The highest BCUT2D eigenvalue weighted by Gasteiger charge is 2.15. The minimum atomic E-state index is -0.117. The smallest absolute Gasteiger partial charge is 0.253 e. The molecule has 7 nitrogen and oxygen atoms in total. The molecular weight excluding hydrogens is 448 g/mol. The van der Waals surface area contributed by atoms with Gasteiger partial charge in [0.25, 0.3) is 5.56 Å². The zero-order valence-electron chi connectivity index (χ0n) is 19.6. The summed E-state index contributed by atoms with van der Waals surface area (Å²) in [6, 6.07) is 17.8. The Kier molecular flexibility index (Phi) is 8.51. The average Bonchev–Trinajstić information content (AvgIpc) is 2.87. The number of rotatable bonds is 9. The van der Waals surface area contributed by atoms with Crippen molar-refractivity contribution in [3.05, 3.63) is 76.1 Å².